The SMILES string of the molecule is CCCC/C=C\CCCCCCCC(=O)OC(COC(=O)CCCCCCCCC)COC(=O)CCCCCCCCCCCCCCCCC/C=C\CCCCCCCCCC. The third-order valence-electron chi connectivity index (χ3n) is 12.4. The Labute approximate surface area is 392 Å². The molecule has 1 atom stereocenters. The highest BCUT2D eigenvalue weighted by Gasteiger charge is 2.19. The van der Waals surface area contributed by atoms with Crippen LogP contribution in [0.15, 0.2) is 24.3 Å². The van der Waals surface area contributed by atoms with E-state index in [1.165, 1.54) is 199 Å². The first-order chi connectivity index (χ1) is 31.0. The Balaban J connectivity index is 4.01. The van der Waals surface area contributed by atoms with Crippen LogP contribution in [0.1, 0.15) is 303 Å². The van der Waals surface area contributed by atoms with Gasteiger partial charge in [-0.2, -0.15) is 0 Å². The fraction of sp³-hybridized carbons (Fsp3) is 0.877. The number of carbonyl (C=O) groups is 3. The lowest BCUT2D eigenvalue weighted by Gasteiger charge is -2.18. The molecule has 0 bridgehead atoms. The van der Waals surface area contributed by atoms with E-state index in [1.54, 1.807) is 0 Å². The summed E-state index contributed by atoms with van der Waals surface area (Å²) in [7, 11) is 0. The molecule has 6 nitrogen and oxygen atoms in total. The first-order valence-corrected chi connectivity index (χ1v) is 27.8. The van der Waals surface area contributed by atoms with Crippen molar-refractivity contribution >= 4 is 17.9 Å². The Morgan fingerprint density at radius 1 is 0.302 bits per heavy atom. The van der Waals surface area contributed by atoms with Crippen LogP contribution < -0.4 is 0 Å². The molecule has 370 valence electrons. The molecule has 0 aromatic rings. The quantitative estimate of drug-likeness (QED) is 0.0262. The van der Waals surface area contributed by atoms with Gasteiger partial charge in [-0.25, -0.2) is 0 Å². The molecule has 0 saturated carbocycles. The van der Waals surface area contributed by atoms with Gasteiger partial charge in [0.25, 0.3) is 0 Å². The smallest absolute Gasteiger partial charge is 0.306 e. The molecule has 0 aliphatic rings. The zero-order chi connectivity index (χ0) is 45.8. The van der Waals surface area contributed by atoms with Crippen molar-refractivity contribution in [3.05, 3.63) is 24.3 Å². The third kappa shape index (κ3) is 50.7. The zero-order valence-corrected chi connectivity index (χ0v) is 42.4. The van der Waals surface area contributed by atoms with Crippen LogP contribution in [0.2, 0.25) is 0 Å². The van der Waals surface area contributed by atoms with E-state index in [0.717, 1.165) is 64.2 Å². The second-order valence-corrected chi connectivity index (χ2v) is 18.8. The normalized spacial score (nSPS) is 12.1. The molecule has 0 amide bonds. The van der Waals surface area contributed by atoms with Gasteiger partial charge >= 0.3 is 17.9 Å². The maximum absolute atomic E-state index is 12.7. The van der Waals surface area contributed by atoms with Gasteiger partial charge in [-0.3, -0.25) is 14.4 Å². The van der Waals surface area contributed by atoms with Gasteiger partial charge in [-0.1, -0.05) is 244 Å². The van der Waals surface area contributed by atoms with Crippen LogP contribution in [0.4, 0.5) is 0 Å². The highest BCUT2D eigenvalue weighted by Crippen LogP contribution is 2.16. The van der Waals surface area contributed by atoms with E-state index >= 15 is 0 Å². The van der Waals surface area contributed by atoms with E-state index in [9.17, 15) is 14.4 Å². The lowest BCUT2D eigenvalue weighted by Crippen LogP contribution is -2.30. The summed E-state index contributed by atoms with van der Waals surface area (Å²) in [6, 6.07) is 0. The second-order valence-electron chi connectivity index (χ2n) is 18.8. The van der Waals surface area contributed by atoms with Gasteiger partial charge in [0.1, 0.15) is 13.2 Å². The molecular formula is C57H106O6. The van der Waals surface area contributed by atoms with Crippen LogP contribution in [-0.2, 0) is 28.6 Å². The van der Waals surface area contributed by atoms with Crippen LogP contribution in [0.3, 0.4) is 0 Å². The van der Waals surface area contributed by atoms with Gasteiger partial charge in [0.15, 0.2) is 6.10 Å². The molecule has 1 unspecified atom stereocenters. The molecular weight excluding hydrogens is 781 g/mol. The molecule has 0 saturated heterocycles. The molecule has 0 heterocycles. The average molecular weight is 887 g/mol. The largest absolute Gasteiger partial charge is 0.462 e. The summed E-state index contributed by atoms with van der Waals surface area (Å²) < 4.78 is 16.7. The predicted octanol–water partition coefficient (Wildman–Crippen LogP) is 18.3. The van der Waals surface area contributed by atoms with Gasteiger partial charge in [0.2, 0.25) is 0 Å². The van der Waals surface area contributed by atoms with Crippen LogP contribution in [0, 0.1) is 0 Å². The standard InChI is InChI=1S/C57H106O6/c1-4-7-10-13-16-18-20-21-22-23-24-25-26-27-28-29-30-31-32-33-34-35-37-38-41-44-47-50-56(59)62-53-54(52-61-55(58)49-46-43-40-15-12-9-6-3)63-57(60)51-48-45-42-39-36-19-17-14-11-8-5-2/h14,17,23-24,54H,4-13,15-16,18-22,25-53H2,1-3H3/b17-14-,24-23-. The Morgan fingerprint density at radius 3 is 0.841 bits per heavy atom. The summed E-state index contributed by atoms with van der Waals surface area (Å²) in [6.45, 7) is 6.58. The zero-order valence-electron chi connectivity index (χ0n) is 42.4. The molecule has 0 aromatic heterocycles. The maximum atomic E-state index is 12.7. The first kappa shape index (κ1) is 60.9. The highest BCUT2D eigenvalue weighted by molar-refractivity contribution is 5.71. The molecule has 0 aliphatic carbocycles. The van der Waals surface area contributed by atoms with E-state index in [2.05, 4.69) is 45.1 Å². The Morgan fingerprint density at radius 2 is 0.540 bits per heavy atom. The minimum absolute atomic E-state index is 0.0711. The van der Waals surface area contributed by atoms with E-state index in [0.29, 0.717) is 19.3 Å². The first-order valence-electron chi connectivity index (χ1n) is 27.8. The predicted molar refractivity (Wildman–Crippen MR) is 270 cm³/mol. The van der Waals surface area contributed by atoms with E-state index in [-0.39, 0.29) is 31.1 Å². The lowest BCUT2D eigenvalue weighted by atomic mass is 10.0. The van der Waals surface area contributed by atoms with Gasteiger partial charge in [0, 0.05) is 19.3 Å². The summed E-state index contributed by atoms with van der Waals surface area (Å²) in [6.07, 6.45) is 60.7. The Bertz CT molecular complexity index is 1020. The molecule has 0 radical (unpaired) electrons. The number of ether oxygens (including phenoxy) is 3. The highest BCUT2D eigenvalue weighted by atomic mass is 16.6. The van der Waals surface area contributed by atoms with Crippen molar-refractivity contribution in [3.8, 4) is 0 Å². The number of rotatable bonds is 51. The van der Waals surface area contributed by atoms with Crippen LogP contribution in [0.5, 0.6) is 0 Å². The van der Waals surface area contributed by atoms with Crippen LogP contribution >= 0.6 is 0 Å². The van der Waals surface area contributed by atoms with Gasteiger partial charge in [-0.15, -0.1) is 0 Å². The van der Waals surface area contributed by atoms with E-state index in [1.807, 2.05) is 0 Å². The van der Waals surface area contributed by atoms with Crippen molar-refractivity contribution in [2.45, 2.75) is 309 Å². The molecule has 6 heteroatoms. The molecule has 0 aromatic carbocycles. The summed E-state index contributed by atoms with van der Waals surface area (Å²) in [4.78, 5) is 37.8. The summed E-state index contributed by atoms with van der Waals surface area (Å²) in [5.41, 5.74) is 0. The van der Waals surface area contributed by atoms with Crippen molar-refractivity contribution < 1.29 is 28.6 Å². The fourth-order valence-electron chi connectivity index (χ4n) is 8.18. The number of esters is 3. The number of hydrogen-bond acceptors (Lipinski definition) is 6. The van der Waals surface area contributed by atoms with E-state index in [4.69, 9.17) is 14.2 Å². The molecule has 0 N–H and O–H groups in total. The molecule has 0 aliphatic heterocycles. The Kier molecular flexibility index (Phi) is 50.8. The number of carbonyl (C=O) groups excluding carboxylic acids is 3. The summed E-state index contributed by atoms with van der Waals surface area (Å²) in [5, 5.41) is 0. The summed E-state index contributed by atoms with van der Waals surface area (Å²) >= 11 is 0. The molecule has 63 heavy (non-hydrogen) atoms. The van der Waals surface area contributed by atoms with Crippen molar-refractivity contribution in [1.29, 1.82) is 0 Å². The minimum Gasteiger partial charge on any atom is -0.462 e. The number of allylic oxidation sites excluding steroid dienone is 4. The summed E-state index contributed by atoms with van der Waals surface area (Å²) in [5.74, 6) is -0.876. The van der Waals surface area contributed by atoms with Crippen molar-refractivity contribution in [1.82, 2.24) is 0 Å². The van der Waals surface area contributed by atoms with Gasteiger partial charge in [0.05, 0.1) is 0 Å². The lowest BCUT2D eigenvalue weighted by molar-refractivity contribution is -0.167. The van der Waals surface area contributed by atoms with E-state index < -0.39 is 6.10 Å². The molecule has 0 fully saturated rings. The number of unbranched alkanes of at least 4 members (excludes halogenated alkanes) is 36. The van der Waals surface area contributed by atoms with Crippen molar-refractivity contribution in [2.24, 2.45) is 0 Å². The van der Waals surface area contributed by atoms with Crippen LogP contribution in [0.25, 0.3) is 0 Å². The minimum atomic E-state index is -0.768. The molecule has 0 rings (SSSR count). The molecule has 0 spiro atoms. The number of hydrogen-bond donors (Lipinski definition) is 0. The van der Waals surface area contributed by atoms with Crippen molar-refractivity contribution in [2.75, 3.05) is 13.2 Å². The van der Waals surface area contributed by atoms with Crippen molar-refractivity contribution in [3.63, 3.8) is 0 Å². The monoisotopic (exact) mass is 887 g/mol. The van der Waals surface area contributed by atoms with Crippen LogP contribution in [-0.4, -0.2) is 37.2 Å². The second kappa shape index (κ2) is 52.5. The topological polar surface area (TPSA) is 78.9 Å². The van der Waals surface area contributed by atoms with Gasteiger partial charge in [-0.05, 0) is 64.2 Å². The fourth-order valence-corrected chi connectivity index (χ4v) is 8.18. The Hall–Kier alpha value is -2.11. The third-order valence-corrected chi connectivity index (χ3v) is 12.4. The maximum Gasteiger partial charge on any atom is 0.306 e. The van der Waals surface area contributed by atoms with Gasteiger partial charge < -0.3 is 14.2 Å². The average Bonchev–Trinajstić information content (AvgIpc) is 3.28.